The summed E-state index contributed by atoms with van der Waals surface area (Å²) in [7, 11) is 0. The van der Waals surface area contributed by atoms with Gasteiger partial charge < -0.3 is 24.8 Å². The standard InChI is InChI=1S/C22H33N3O9/c1-3-21(30)33-14-16(15-34-22(31)4-2)32-13-5-6-17(26)23-10-11-24-18(27)9-12-25-19(28)7-8-20(25)29/h7-8,16H,3-6,9-15H2,1-2H3,(H,23,26)(H,24,27). The third-order valence-corrected chi connectivity index (χ3v) is 4.57. The lowest BCUT2D eigenvalue weighted by molar-refractivity contribution is -0.155. The van der Waals surface area contributed by atoms with Crippen molar-refractivity contribution in [3.63, 3.8) is 0 Å². The number of hydrogen-bond acceptors (Lipinski definition) is 9. The number of amides is 4. The molecule has 0 aromatic heterocycles. The zero-order chi connectivity index (χ0) is 25.3. The van der Waals surface area contributed by atoms with Crippen LogP contribution < -0.4 is 10.6 Å². The summed E-state index contributed by atoms with van der Waals surface area (Å²) in [6.07, 6.45) is 2.68. The molecule has 1 rings (SSSR count). The van der Waals surface area contributed by atoms with E-state index in [-0.39, 0.29) is 77.0 Å². The van der Waals surface area contributed by atoms with E-state index in [9.17, 15) is 28.8 Å². The molecule has 0 saturated carbocycles. The molecule has 0 unspecified atom stereocenters. The molecular weight excluding hydrogens is 450 g/mol. The van der Waals surface area contributed by atoms with Crippen molar-refractivity contribution in [1.29, 1.82) is 0 Å². The molecule has 12 nitrogen and oxygen atoms in total. The third kappa shape index (κ3) is 12.1. The van der Waals surface area contributed by atoms with Gasteiger partial charge >= 0.3 is 11.9 Å². The average molecular weight is 484 g/mol. The van der Waals surface area contributed by atoms with Crippen LogP contribution >= 0.6 is 0 Å². The van der Waals surface area contributed by atoms with E-state index in [2.05, 4.69) is 10.6 Å². The Morgan fingerprint density at radius 3 is 1.85 bits per heavy atom. The maximum atomic E-state index is 11.9. The van der Waals surface area contributed by atoms with Crippen LogP contribution in [0.2, 0.25) is 0 Å². The highest BCUT2D eigenvalue weighted by Gasteiger charge is 2.23. The molecule has 0 saturated heterocycles. The van der Waals surface area contributed by atoms with Gasteiger partial charge in [0.25, 0.3) is 11.8 Å². The van der Waals surface area contributed by atoms with Crippen LogP contribution in [0.5, 0.6) is 0 Å². The molecule has 4 amide bonds. The van der Waals surface area contributed by atoms with Crippen LogP contribution in [0.4, 0.5) is 0 Å². The van der Waals surface area contributed by atoms with E-state index < -0.39 is 29.9 Å². The fourth-order valence-electron chi connectivity index (χ4n) is 2.65. The second kappa shape index (κ2) is 16.4. The van der Waals surface area contributed by atoms with Crippen LogP contribution in [0.15, 0.2) is 12.2 Å². The summed E-state index contributed by atoms with van der Waals surface area (Å²) in [6, 6.07) is 0. The summed E-state index contributed by atoms with van der Waals surface area (Å²) in [4.78, 5) is 70.1. The van der Waals surface area contributed by atoms with Gasteiger partial charge in [0.1, 0.15) is 19.3 Å². The largest absolute Gasteiger partial charge is 0.463 e. The first-order chi connectivity index (χ1) is 16.3. The molecule has 0 spiro atoms. The molecule has 0 aromatic rings. The van der Waals surface area contributed by atoms with Gasteiger partial charge in [-0.3, -0.25) is 33.7 Å². The first kappa shape index (κ1) is 28.8. The number of nitrogens with zero attached hydrogens (tertiary/aromatic N) is 1. The highest BCUT2D eigenvalue weighted by molar-refractivity contribution is 6.13. The van der Waals surface area contributed by atoms with Crippen molar-refractivity contribution in [1.82, 2.24) is 15.5 Å². The first-order valence-electron chi connectivity index (χ1n) is 11.3. The highest BCUT2D eigenvalue weighted by Crippen LogP contribution is 2.04. The molecule has 190 valence electrons. The van der Waals surface area contributed by atoms with Crippen LogP contribution in [0.1, 0.15) is 46.0 Å². The van der Waals surface area contributed by atoms with E-state index in [0.29, 0.717) is 6.42 Å². The Morgan fingerprint density at radius 2 is 1.35 bits per heavy atom. The van der Waals surface area contributed by atoms with Crippen LogP contribution in [-0.2, 0) is 43.0 Å². The van der Waals surface area contributed by atoms with Gasteiger partial charge in [-0.05, 0) is 6.42 Å². The molecule has 0 bridgehead atoms. The number of rotatable bonds is 17. The monoisotopic (exact) mass is 483 g/mol. The van der Waals surface area contributed by atoms with Crippen molar-refractivity contribution >= 4 is 35.6 Å². The molecule has 1 heterocycles. The molecule has 12 heteroatoms. The molecule has 0 aromatic carbocycles. The quantitative estimate of drug-likeness (QED) is 0.160. The number of hydrogen-bond donors (Lipinski definition) is 2. The lowest BCUT2D eigenvalue weighted by atomic mass is 10.3. The van der Waals surface area contributed by atoms with E-state index in [4.69, 9.17) is 14.2 Å². The smallest absolute Gasteiger partial charge is 0.305 e. The lowest BCUT2D eigenvalue weighted by Gasteiger charge is -2.18. The summed E-state index contributed by atoms with van der Waals surface area (Å²) in [5, 5.41) is 5.26. The molecule has 0 radical (unpaired) electrons. The van der Waals surface area contributed by atoms with Gasteiger partial charge in [0.15, 0.2) is 0 Å². The van der Waals surface area contributed by atoms with E-state index in [1.54, 1.807) is 13.8 Å². The van der Waals surface area contributed by atoms with Crippen molar-refractivity contribution in [2.75, 3.05) is 39.5 Å². The Kier molecular flexibility index (Phi) is 13.8. The number of nitrogens with one attached hydrogen (secondary N) is 2. The van der Waals surface area contributed by atoms with Crippen molar-refractivity contribution < 1.29 is 43.0 Å². The van der Waals surface area contributed by atoms with Crippen molar-refractivity contribution in [3.8, 4) is 0 Å². The van der Waals surface area contributed by atoms with Crippen molar-refractivity contribution in [2.24, 2.45) is 0 Å². The Labute approximate surface area is 198 Å². The Balaban J connectivity index is 2.15. The van der Waals surface area contributed by atoms with Crippen LogP contribution in [0.25, 0.3) is 0 Å². The van der Waals surface area contributed by atoms with Gasteiger partial charge in [0.2, 0.25) is 11.8 Å². The third-order valence-electron chi connectivity index (χ3n) is 4.57. The minimum absolute atomic E-state index is 0.000850. The maximum Gasteiger partial charge on any atom is 0.305 e. The van der Waals surface area contributed by atoms with E-state index in [1.807, 2.05) is 0 Å². The SMILES string of the molecule is CCC(=O)OCC(COC(=O)CC)OCCCC(=O)NCCNC(=O)CCN1C(=O)C=CC1=O. The van der Waals surface area contributed by atoms with Gasteiger partial charge in [0.05, 0.1) is 0 Å². The van der Waals surface area contributed by atoms with Gasteiger partial charge in [-0.15, -0.1) is 0 Å². The lowest BCUT2D eigenvalue weighted by Crippen LogP contribution is -2.37. The normalized spacial score (nSPS) is 12.7. The zero-order valence-corrected chi connectivity index (χ0v) is 19.6. The van der Waals surface area contributed by atoms with E-state index in [0.717, 1.165) is 17.1 Å². The van der Waals surface area contributed by atoms with E-state index >= 15 is 0 Å². The number of ether oxygens (including phenoxy) is 3. The summed E-state index contributed by atoms with van der Waals surface area (Å²) >= 11 is 0. The number of esters is 2. The molecule has 1 aliphatic rings. The maximum absolute atomic E-state index is 11.9. The summed E-state index contributed by atoms with van der Waals surface area (Å²) in [5.41, 5.74) is 0. The molecule has 0 fully saturated rings. The minimum atomic E-state index is -0.619. The molecule has 1 aliphatic heterocycles. The highest BCUT2D eigenvalue weighted by atomic mass is 16.6. The van der Waals surface area contributed by atoms with Gasteiger partial charge in [-0.25, -0.2) is 0 Å². The van der Waals surface area contributed by atoms with Crippen molar-refractivity contribution in [2.45, 2.75) is 52.1 Å². The summed E-state index contributed by atoms with van der Waals surface area (Å²) < 4.78 is 15.6. The van der Waals surface area contributed by atoms with Crippen LogP contribution in [0.3, 0.4) is 0 Å². The Morgan fingerprint density at radius 1 is 0.853 bits per heavy atom. The van der Waals surface area contributed by atoms with Gasteiger partial charge in [0, 0.05) is 64.1 Å². The number of carbonyl (C=O) groups excluding carboxylic acids is 6. The Hall–Kier alpha value is -3.28. The summed E-state index contributed by atoms with van der Waals surface area (Å²) in [5.74, 6) is -2.24. The molecule has 0 atom stereocenters. The number of imide groups is 1. The molecule has 0 aliphatic carbocycles. The molecule has 2 N–H and O–H groups in total. The molecule has 34 heavy (non-hydrogen) atoms. The van der Waals surface area contributed by atoms with Crippen LogP contribution in [0, 0.1) is 0 Å². The molecular formula is C22H33N3O9. The topological polar surface area (TPSA) is 157 Å². The minimum Gasteiger partial charge on any atom is -0.463 e. The number of carbonyl (C=O) groups is 6. The second-order valence-corrected chi connectivity index (χ2v) is 7.28. The van der Waals surface area contributed by atoms with E-state index in [1.165, 1.54) is 0 Å². The van der Waals surface area contributed by atoms with Gasteiger partial charge in [-0.1, -0.05) is 13.8 Å². The predicted molar refractivity (Wildman–Crippen MR) is 118 cm³/mol. The fraction of sp³-hybridized carbons (Fsp3) is 0.636. The van der Waals surface area contributed by atoms with Crippen molar-refractivity contribution in [3.05, 3.63) is 12.2 Å². The predicted octanol–water partition coefficient (Wildman–Crippen LogP) is -0.394. The van der Waals surface area contributed by atoms with Crippen LogP contribution in [-0.4, -0.2) is 86.0 Å². The average Bonchev–Trinajstić information content (AvgIpc) is 3.15. The van der Waals surface area contributed by atoms with Gasteiger partial charge in [-0.2, -0.15) is 0 Å². The first-order valence-corrected chi connectivity index (χ1v) is 11.3. The second-order valence-electron chi connectivity index (χ2n) is 7.28. The Bertz CT molecular complexity index is 729. The fourth-order valence-corrected chi connectivity index (χ4v) is 2.65. The summed E-state index contributed by atoms with van der Waals surface area (Å²) in [6.45, 7) is 3.85. The zero-order valence-electron chi connectivity index (χ0n) is 19.6.